The lowest BCUT2D eigenvalue weighted by Gasteiger charge is -2.62. The number of hydrogen-bond acceptors (Lipinski definition) is 23. The molecule has 0 amide bonds. The zero-order chi connectivity index (χ0) is 81.1. The number of hydrogen-bond donors (Lipinski definition) is 3. The highest BCUT2D eigenvalue weighted by atomic mass is 32.1. The molecule has 6 aromatic rings. The Balaban J connectivity index is 0.000000116. The Bertz CT molecular complexity index is 5270. The number of thiocarbonyl (C=S) groups is 2. The molecular formula is C82H72F10N4O18S2. The second kappa shape index (κ2) is 27.4. The monoisotopic (exact) mass is 1650 g/mol. The number of rotatable bonds is 14. The molecule has 5 saturated carbocycles. The minimum atomic E-state index is -2.33. The van der Waals surface area contributed by atoms with E-state index in [0.29, 0.717) is 105 Å². The van der Waals surface area contributed by atoms with E-state index in [2.05, 4.69) is 14.7 Å². The van der Waals surface area contributed by atoms with Crippen LogP contribution < -0.4 is 42.6 Å². The molecule has 3 N–H and O–H groups in total. The number of non-ortho nitro benzene ring substituents is 1. The highest BCUT2D eigenvalue weighted by Gasteiger charge is 2.76. The molecule has 21 rings (SSSR count). The summed E-state index contributed by atoms with van der Waals surface area (Å²) in [7, 11) is 1.51. The molecule has 116 heavy (non-hydrogen) atoms. The topological polar surface area (TPSA) is 257 Å². The summed E-state index contributed by atoms with van der Waals surface area (Å²) in [6.45, 7) is 4.94. The molecule has 6 heterocycles. The Morgan fingerprint density at radius 3 is 1.27 bits per heavy atom. The van der Waals surface area contributed by atoms with Gasteiger partial charge in [0.25, 0.3) is 5.69 Å². The maximum atomic E-state index is 14.2. The molecule has 15 aliphatic rings. The van der Waals surface area contributed by atoms with E-state index in [1.165, 1.54) is 76.0 Å². The van der Waals surface area contributed by atoms with Crippen LogP contribution in [-0.2, 0) is 49.8 Å². The molecule has 8 fully saturated rings. The largest absolute Gasteiger partial charge is 0.519 e. The first-order valence-corrected chi connectivity index (χ1v) is 39.4. The Hall–Kier alpha value is -9.29. The standard InChI is InChI=1S/C28H24F5NO5S.C27H22F5NO5S.C27H26N2O8/c1-36-14-5-4-13-10-16-28(35)7-6-15(37-26(40)39-24-21(32)19(30)18(29)20(31)22(24)33)25-27(28,17(13)23(14)38-25)8-9-34(16)11-12-2-3-12;28-17-18(29)20(31)23(21(32)19(17)30)38-25(39)36-14-4-3-12-9-15-27(35)6-5-13(34)24-26(27,16(12)22(14)37-24)7-8-33(15)10-11-1-2-11;30-19-9-10-27(32)21-13-16-3-8-20(36-25(31)35-18-6-4-17(5-7-18)29(33)34)23-22(16)26(27,24(19)37-23)11-12-28(21)14-15-1-2-15/h4-6,12,16,25,35H,2-3,7-11H2,1H3;3-4,11,15,24,35H,1-2,5-10H2;3-8,15,21,24,32H,1-2,9-14H2/t16-,25+,27+,28-;15-,24+,26+,27-;21-,24+,26+,27-/m111/s1. The SMILES string of the molecule is COc1ccc2c3c1O[C@H]1C(OC(=S)Oc4c(F)c(F)c(F)c(F)c4F)=CC[C@@]4(O)[C@@H](C2)N(CC2CC2)CC[C@]314.O=C(Oc1ccc([N+](=O)[O-])cc1)Oc1ccc2c3c1O[C@H]1C(=O)CC[C@@]4(O)[C@@H](C2)N(CC2CC2)CC[C@]314.O=C1CC[C@@]2(O)[C@H]3Cc4ccc(OC(=S)Oc5c(F)c(F)c(F)c(F)c5F)c5c4[C@@]2(CCN3CC2CC2)[C@H]1O5. The highest BCUT2D eigenvalue weighted by Crippen LogP contribution is 2.69. The van der Waals surface area contributed by atoms with Crippen molar-refractivity contribution < 1.29 is 126 Å². The number of carbonyl (C=O) groups excluding carboxylic acids is 3. The van der Waals surface area contributed by atoms with Gasteiger partial charge >= 0.3 is 16.6 Å². The van der Waals surface area contributed by atoms with Gasteiger partial charge in [0, 0.05) is 110 Å². The Kier molecular flexibility index (Phi) is 18.1. The fraction of sp³-hybridized carbons (Fsp3) is 0.476. The number of benzene rings is 6. The van der Waals surface area contributed by atoms with E-state index in [9.17, 15) is 83.7 Å². The van der Waals surface area contributed by atoms with Gasteiger partial charge in [0.05, 0.1) is 45.1 Å². The van der Waals surface area contributed by atoms with Crippen molar-refractivity contribution in [2.45, 2.75) is 179 Å². The van der Waals surface area contributed by atoms with E-state index >= 15 is 0 Å². The van der Waals surface area contributed by atoms with Gasteiger partial charge in [0.1, 0.15) is 11.5 Å². The van der Waals surface area contributed by atoms with E-state index in [1.807, 2.05) is 18.2 Å². The molecule has 34 heteroatoms. The molecule has 6 aromatic carbocycles. The summed E-state index contributed by atoms with van der Waals surface area (Å²) in [5.41, 5.74) is -1.30. The second-order valence-corrected chi connectivity index (χ2v) is 33.7. The van der Waals surface area contributed by atoms with Crippen LogP contribution in [0.5, 0.6) is 51.7 Å². The molecule has 610 valence electrons. The predicted octanol–water partition coefficient (Wildman–Crippen LogP) is 12.4. The highest BCUT2D eigenvalue weighted by molar-refractivity contribution is 7.80. The van der Waals surface area contributed by atoms with Crippen LogP contribution in [0.2, 0.25) is 0 Å². The van der Waals surface area contributed by atoms with Gasteiger partial charge in [0.15, 0.2) is 64.4 Å². The molecule has 12 atom stereocenters. The fourth-order valence-electron chi connectivity index (χ4n) is 21.6. The average Bonchev–Trinajstić information content (AvgIpc) is 1.51. The number of likely N-dealkylation sites (tertiary alicyclic amines) is 3. The van der Waals surface area contributed by atoms with Gasteiger partial charge in [-0.15, -0.1) is 0 Å². The smallest absolute Gasteiger partial charge is 0.493 e. The van der Waals surface area contributed by atoms with Gasteiger partial charge in [-0.2, -0.15) is 17.6 Å². The van der Waals surface area contributed by atoms with E-state index in [-0.39, 0.29) is 83.4 Å². The van der Waals surface area contributed by atoms with Crippen molar-refractivity contribution >= 4 is 58.3 Å². The maximum absolute atomic E-state index is 14.2. The molecule has 9 aliphatic carbocycles. The van der Waals surface area contributed by atoms with Gasteiger partial charge in [-0.3, -0.25) is 34.4 Å². The van der Waals surface area contributed by atoms with Crippen LogP contribution in [0.4, 0.5) is 54.4 Å². The summed E-state index contributed by atoms with van der Waals surface area (Å²) in [4.78, 5) is 56.3. The number of aliphatic hydroxyl groups is 3. The van der Waals surface area contributed by atoms with Gasteiger partial charge in [0.2, 0.25) is 69.7 Å². The second-order valence-electron chi connectivity index (χ2n) is 33.0. The van der Waals surface area contributed by atoms with Crippen LogP contribution in [-0.4, -0.2) is 163 Å². The number of halogens is 10. The molecule has 22 nitrogen and oxygen atoms in total. The summed E-state index contributed by atoms with van der Waals surface area (Å²) in [6, 6.07) is 15.2. The number of ketones is 2. The van der Waals surface area contributed by atoms with Crippen LogP contribution in [0.25, 0.3) is 0 Å². The Labute approximate surface area is 664 Å². The van der Waals surface area contributed by atoms with Crippen LogP contribution in [0, 0.1) is 86.0 Å². The number of nitrogens with zero attached hydrogens (tertiary/aromatic N) is 4. The molecule has 3 spiro atoms. The quantitative estimate of drug-likeness (QED) is 0.0134. The van der Waals surface area contributed by atoms with Crippen LogP contribution in [0.15, 0.2) is 72.5 Å². The minimum absolute atomic E-state index is 0.0393. The first-order valence-electron chi connectivity index (χ1n) is 38.6. The van der Waals surface area contributed by atoms with E-state index in [1.54, 1.807) is 18.2 Å². The van der Waals surface area contributed by atoms with Gasteiger partial charge in [-0.1, -0.05) is 18.2 Å². The molecule has 6 bridgehead atoms. The van der Waals surface area contributed by atoms with Crippen molar-refractivity contribution in [1.29, 1.82) is 0 Å². The Morgan fingerprint density at radius 2 is 0.853 bits per heavy atom. The zero-order valence-electron chi connectivity index (χ0n) is 61.7. The molecular weight excluding hydrogens is 1580 g/mol. The van der Waals surface area contributed by atoms with Crippen molar-refractivity contribution in [3.8, 4) is 51.7 Å². The average molecular weight is 1660 g/mol. The number of ether oxygens (including phenoxy) is 10. The first kappa shape index (κ1) is 76.7. The number of methoxy groups -OCH3 is 1. The molecule has 0 unspecified atom stereocenters. The summed E-state index contributed by atoms with van der Waals surface area (Å²) < 4.78 is 194. The molecule has 6 aliphatic heterocycles. The number of carbonyl (C=O) groups is 3. The normalized spacial score (nSPS) is 30.6. The van der Waals surface area contributed by atoms with Crippen molar-refractivity contribution in [3.63, 3.8) is 0 Å². The lowest BCUT2D eigenvalue weighted by Crippen LogP contribution is -2.76. The van der Waals surface area contributed by atoms with Crippen molar-refractivity contribution in [2.24, 2.45) is 17.8 Å². The first-order chi connectivity index (χ1) is 55.5. The third-order valence-electron chi connectivity index (χ3n) is 27.2. The minimum Gasteiger partial charge on any atom is -0.493 e. The van der Waals surface area contributed by atoms with Crippen LogP contribution in [0.1, 0.15) is 123 Å². The Morgan fingerprint density at radius 1 is 0.483 bits per heavy atom. The zero-order valence-corrected chi connectivity index (χ0v) is 63.3. The van der Waals surface area contributed by atoms with E-state index in [4.69, 9.17) is 71.8 Å². The lowest BCUT2D eigenvalue weighted by atomic mass is 9.49. The van der Waals surface area contributed by atoms with Crippen molar-refractivity contribution in [2.75, 3.05) is 46.4 Å². The number of nitro groups is 1. The third-order valence-corrected chi connectivity index (χ3v) is 27.6. The number of Topliss-reactive ketones (excluding diaryl/α,β-unsaturated/α-hetero) is 2. The van der Waals surface area contributed by atoms with E-state index in [0.717, 1.165) is 54.0 Å². The van der Waals surface area contributed by atoms with Crippen LogP contribution >= 0.6 is 24.4 Å². The number of nitro benzene ring substituents is 1. The van der Waals surface area contributed by atoms with Crippen LogP contribution in [0.3, 0.4) is 0 Å². The van der Waals surface area contributed by atoms with Crippen molar-refractivity contribution in [3.05, 3.63) is 174 Å². The summed E-state index contributed by atoms with van der Waals surface area (Å²) in [5, 5.41) is 46.1. The van der Waals surface area contributed by atoms with E-state index < -0.39 is 143 Å². The summed E-state index contributed by atoms with van der Waals surface area (Å²) in [6.07, 6.45) is 9.69. The molecule has 0 radical (unpaired) electrons. The van der Waals surface area contributed by atoms with Gasteiger partial charge in [-0.05, 0) is 180 Å². The fourth-order valence-corrected chi connectivity index (χ4v) is 21.9. The van der Waals surface area contributed by atoms with Gasteiger partial charge < -0.3 is 62.7 Å². The van der Waals surface area contributed by atoms with Crippen molar-refractivity contribution in [1.82, 2.24) is 14.7 Å². The maximum Gasteiger partial charge on any atom is 0.519 e. The third kappa shape index (κ3) is 11.3. The summed E-state index contributed by atoms with van der Waals surface area (Å²) >= 11 is 9.95. The lowest BCUT2D eigenvalue weighted by molar-refractivity contribution is -0.384. The summed E-state index contributed by atoms with van der Waals surface area (Å²) in [5.74, 6) is -21.8. The van der Waals surface area contributed by atoms with Gasteiger partial charge in [-0.25, -0.2) is 31.1 Å². The number of piperidine rings is 3. The molecule has 3 saturated heterocycles. The molecule has 0 aromatic heterocycles. The predicted molar refractivity (Wildman–Crippen MR) is 390 cm³/mol.